The Balaban J connectivity index is 2.31. The minimum Gasteiger partial charge on any atom is -0.361 e. The minimum absolute atomic E-state index is 0.913. The zero-order chi connectivity index (χ0) is 9.52. The van der Waals surface area contributed by atoms with Gasteiger partial charge in [-0.1, -0.05) is 6.92 Å². The molecule has 0 bridgehead atoms. The van der Waals surface area contributed by atoms with Gasteiger partial charge in [0.15, 0.2) is 5.82 Å². The average molecular weight is 217 g/mol. The van der Waals surface area contributed by atoms with Crippen molar-refractivity contribution in [1.82, 2.24) is 9.36 Å². The van der Waals surface area contributed by atoms with E-state index in [9.17, 15) is 0 Å². The summed E-state index contributed by atoms with van der Waals surface area (Å²) in [6, 6.07) is 0. The van der Waals surface area contributed by atoms with Crippen LogP contribution >= 0.6 is 23.3 Å². The van der Waals surface area contributed by atoms with Crippen molar-refractivity contribution >= 4 is 28.4 Å². The molecule has 1 aromatic rings. The summed E-state index contributed by atoms with van der Waals surface area (Å²) < 4.78 is 4.25. The van der Waals surface area contributed by atoms with Crippen LogP contribution in [0.15, 0.2) is 0 Å². The first kappa shape index (κ1) is 10.8. The van der Waals surface area contributed by atoms with E-state index < -0.39 is 0 Å². The van der Waals surface area contributed by atoms with Crippen molar-refractivity contribution in [2.75, 3.05) is 17.6 Å². The van der Waals surface area contributed by atoms with E-state index in [4.69, 9.17) is 0 Å². The molecule has 1 rings (SSSR count). The number of anilines is 1. The third kappa shape index (κ3) is 3.95. The Morgan fingerprint density at radius 3 is 3.00 bits per heavy atom. The largest absolute Gasteiger partial charge is 0.361 e. The maximum Gasteiger partial charge on any atom is 0.202 e. The Bertz CT molecular complexity index is 237. The fraction of sp³-hybridized carbons (Fsp3) is 0.750. The molecular formula is C8H15N3S2. The number of nitrogens with zero attached hydrogens (tertiary/aromatic N) is 2. The summed E-state index contributed by atoms with van der Waals surface area (Å²) in [5.41, 5.74) is 0. The van der Waals surface area contributed by atoms with Crippen molar-refractivity contribution in [3.05, 3.63) is 5.82 Å². The molecule has 0 saturated heterocycles. The monoisotopic (exact) mass is 217 g/mol. The molecule has 3 nitrogen and oxygen atoms in total. The van der Waals surface area contributed by atoms with E-state index in [0.717, 1.165) is 23.3 Å². The predicted molar refractivity (Wildman–Crippen MR) is 60.5 cm³/mol. The Morgan fingerprint density at radius 1 is 1.46 bits per heavy atom. The predicted octanol–water partition coefficient (Wildman–Crippen LogP) is 2.61. The summed E-state index contributed by atoms with van der Waals surface area (Å²) >= 11 is 3.34. The molecule has 0 aliphatic heterocycles. The van der Waals surface area contributed by atoms with Gasteiger partial charge < -0.3 is 5.32 Å². The second kappa shape index (κ2) is 6.21. The number of hydrogen-bond donors (Lipinski definition) is 1. The first-order valence-corrected chi connectivity index (χ1v) is 6.43. The third-order valence-corrected chi connectivity index (χ3v) is 3.25. The van der Waals surface area contributed by atoms with E-state index in [2.05, 4.69) is 28.5 Å². The fourth-order valence-electron chi connectivity index (χ4n) is 0.843. The van der Waals surface area contributed by atoms with Crippen LogP contribution in [0.3, 0.4) is 0 Å². The second-order valence-corrected chi connectivity index (χ2v) is 4.46. The lowest BCUT2D eigenvalue weighted by atomic mass is 10.6. The molecule has 0 atom stereocenters. The summed E-state index contributed by atoms with van der Waals surface area (Å²) in [5, 5.41) is 4.09. The van der Waals surface area contributed by atoms with Gasteiger partial charge >= 0.3 is 0 Å². The minimum atomic E-state index is 0.913. The summed E-state index contributed by atoms with van der Waals surface area (Å²) in [5.74, 6) is 3.09. The van der Waals surface area contributed by atoms with Gasteiger partial charge in [0.2, 0.25) is 5.13 Å². The topological polar surface area (TPSA) is 37.8 Å². The molecule has 0 spiro atoms. The van der Waals surface area contributed by atoms with Crippen molar-refractivity contribution in [3.8, 4) is 0 Å². The van der Waals surface area contributed by atoms with Gasteiger partial charge in [-0.25, -0.2) is 4.98 Å². The van der Waals surface area contributed by atoms with Crippen LogP contribution in [0, 0.1) is 0 Å². The molecule has 5 heteroatoms. The number of aromatic nitrogens is 2. The highest BCUT2D eigenvalue weighted by atomic mass is 32.2. The molecule has 0 amide bonds. The smallest absolute Gasteiger partial charge is 0.202 e. The summed E-state index contributed by atoms with van der Waals surface area (Å²) in [6.45, 7) is 5.16. The summed E-state index contributed by atoms with van der Waals surface area (Å²) in [6.07, 6.45) is 1.22. The van der Waals surface area contributed by atoms with Crippen LogP contribution in [0.1, 0.15) is 26.1 Å². The molecule has 1 N–H and O–H groups in total. The molecule has 0 fully saturated rings. The van der Waals surface area contributed by atoms with E-state index in [1.807, 2.05) is 11.8 Å². The van der Waals surface area contributed by atoms with Gasteiger partial charge in [-0.2, -0.15) is 16.1 Å². The van der Waals surface area contributed by atoms with Gasteiger partial charge in [-0.15, -0.1) is 0 Å². The lowest BCUT2D eigenvalue weighted by Gasteiger charge is -1.94. The Kier molecular flexibility index (Phi) is 5.15. The molecule has 74 valence electrons. The van der Waals surface area contributed by atoms with E-state index in [1.54, 1.807) is 0 Å². The highest BCUT2D eigenvalue weighted by Crippen LogP contribution is 2.15. The number of hydrogen-bond acceptors (Lipinski definition) is 5. The Hall–Kier alpha value is -0.290. The number of nitrogens with one attached hydrogen (secondary N) is 1. The van der Waals surface area contributed by atoms with Crippen molar-refractivity contribution in [2.24, 2.45) is 0 Å². The van der Waals surface area contributed by atoms with Crippen LogP contribution in [-0.2, 0) is 5.75 Å². The van der Waals surface area contributed by atoms with E-state index in [0.29, 0.717) is 0 Å². The van der Waals surface area contributed by atoms with Gasteiger partial charge in [0.1, 0.15) is 0 Å². The quantitative estimate of drug-likeness (QED) is 0.743. The van der Waals surface area contributed by atoms with Crippen molar-refractivity contribution in [1.29, 1.82) is 0 Å². The number of thioether (sulfide) groups is 1. The lowest BCUT2D eigenvalue weighted by Crippen LogP contribution is -1.95. The molecule has 13 heavy (non-hydrogen) atoms. The van der Waals surface area contributed by atoms with Gasteiger partial charge in [-0.05, 0) is 19.1 Å². The highest BCUT2D eigenvalue weighted by molar-refractivity contribution is 7.98. The van der Waals surface area contributed by atoms with E-state index >= 15 is 0 Å². The normalized spacial score (nSPS) is 10.3. The Morgan fingerprint density at radius 2 is 2.31 bits per heavy atom. The van der Waals surface area contributed by atoms with Gasteiger partial charge in [0.25, 0.3) is 0 Å². The van der Waals surface area contributed by atoms with E-state index in [-0.39, 0.29) is 0 Å². The number of rotatable bonds is 6. The second-order valence-electron chi connectivity index (χ2n) is 2.60. The van der Waals surface area contributed by atoms with Gasteiger partial charge in [0.05, 0.1) is 5.75 Å². The molecule has 0 unspecified atom stereocenters. The first-order valence-electron chi connectivity index (χ1n) is 4.51. The van der Waals surface area contributed by atoms with Crippen LogP contribution in [0.5, 0.6) is 0 Å². The highest BCUT2D eigenvalue weighted by Gasteiger charge is 2.01. The molecular weight excluding hydrogens is 202 g/mol. The SMILES string of the molecule is CCCSCc1nsc(NCC)n1. The maximum absolute atomic E-state index is 4.35. The summed E-state index contributed by atoms with van der Waals surface area (Å²) in [4.78, 5) is 4.35. The van der Waals surface area contributed by atoms with Gasteiger partial charge in [0, 0.05) is 18.1 Å². The van der Waals surface area contributed by atoms with Crippen LogP contribution in [0.4, 0.5) is 5.13 Å². The molecule has 0 saturated carbocycles. The van der Waals surface area contributed by atoms with Crippen LogP contribution in [0.2, 0.25) is 0 Å². The molecule has 1 heterocycles. The molecule has 1 aromatic heterocycles. The summed E-state index contributed by atoms with van der Waals surface area (Å²) in [7, 11) is 0. The molecule has 0 aliphatic carbocycles. The van der Waals surface area contributed by atoms with Crippen LogP contribution < -0.4 is 5.32 Å². The molecule has 0 aromatic carbocycles. The maximum atomic E-state index is 4.35. The molecule has 0 aliphatic rings. The van der Waals surface area contributed by atoms with Gasteiger partial charge in [-0.3, -0.25) is 0 Å². The lowest BCUT2D eigenvalue weighted by molar-refractivity contribution is 1.08. The van der Waals surface area contributed by atoms with Crippen molar-refractivity contribution in [2.45, 2.75) is 26.0 Å². The van der Waals surface area contributed by atoms with Crippen LogP contribution in [-0.4, -0.2) is 21.7 Å². The zero-order valence-corrected chi connectivity index (χ0v) is 9.67. The Labute approximate surface area is 87.5 Å². The first-order chi connectivity index (χ1) is 6.36. The molecule has 0 radical (unpaired) electrons. The van der Waals surface area contributed by atoms with E-state index in [1.165, 1.54) is 23.7 Å². The van der Waals surface area contributed by atoms with Crippen molar-refractivity contribution < 1.29 is 0 Å². The third-order valence-electron chi connectivity index (χ3n) is 1.38. The zero-order valence-electron chi connectivity index (χ0n) is 8.04. The fourth-order valence-corrected chi connectivity index (χ4v) is 2.32. The van der Waals surface area contributed by atoms with Crippen LogP contribution in [0.25, 0.3) is 0 Å². The average Bonchev–Trinajstić information content (AvgIpc) is 2.54. The standard InChI is InChI=1S/C8H15N3S2/c1-3-5-12-6-7-10-8(9-4-2)13-11-7/h3-6H2,1-2H3,(H,9,10,11). The van der Waals surface area contributed by atoms with Crippen molar-refractivity contribution in [3.63, 3.8) is 0 Å².